The summed E-state index contributed by atoms with van der Waals surface area (Å²) in [5.41, 5.74) is 5.87. The van der Waals surface area contributed by atoms with Crippen LogP contribution in [0.2, 0.25) is 0 Å². The van der Waals surface area contributed by atoms with Gasteiger partial charge in [0, 0.05) is 41.9 Å². The Bertz CT molecular complexity index is 1410. The first-order valence-electron chi connectivity index (χ1n) is 14.2. The lowest BCUT2D eigenvalue weighted by Crippen LogP contribution is -2.57. The van der Waals surface area contributed by atoms with E-state index in [1.165, 1.54) is 30.5 Å². The molecule has 1 saturated heterocycles. The van der Waals surface area contributed by atoms with Crippen LogP contribution >= 0.6 is 0 Å². The summed E-state index contributed by atoms with van der Waals surface area (Å²) < 4.78 is 0. The predicted octanol–water partition coefficient (Wildman–Crippen LogP) is 4.04. The van der Waals surface area contributed by atoms with Crippen molar-refractivity contribution in [2.45, 2.75) is 57.5 Å². The number of aryl methyl sites for hydroxylation is 1. The van der Waals surface area contributed by atoms with Gasteiger partial charge in [-0.3, -0.25) is 14.6 Å². The number of likely N-dealkylation sites (N-methyl/N-ethyl adjacent to an activating group) is 1. The lowest BCUT2D eigenvalue weighted by Gasteiger charge is -2.36. The molecule has 2 aliphatic carbocycles. The Hall–Kier alpha value is -3.29. The zero-order valence-electron chi connectivity index (χ0n) is 22.9. The number of hydrogen-bond acceptors (Lipinski definition) is 5. The number of aliphatic hydroxyl groups is 1. The van der Waals surface area contributed by atoms with Gasteiger partial charge >= 0.3 is 0 Å². The Balaban J connectivity index is 1.18. The molecule has 7 heteroatoms. The van der Waals surface area contributed by atoms with Gasteiger partial charge in [0.15, 0.2) is 0 Å². The summed E-state index contributed by atoms with van der Waals surface area (Å²) in [6, 6.07) is 15.0. The zero-order valence-corrected chi connectivity index (χ0v) is 22.9. The molecule has 2 aromatic carbocycles. The first kappa shape index (κ1) is 26.0. The number of nitrogens with zero attached hydrogens (tertiary/aromatic N) is 2. The van der Waals surface area contributed by atoms with Crippen molar-refractivity contribution in [2.24, 2.45) is 11.3 Å². The van der Waals surface area contributed by atoms with Gasteiger partial charge in [-0.25, -0.2) is 0 Å². The van der Waals surface area contributed by atoms with E-state index in [-0.39, 0.29) is 24.5 Å². The van der Waals surface area contributed by atoms with E-state index in [0.29, 0.717) is 23.0 Å². The standard InChI is InChI=1S/C32H38N4O3/c1-32(11-12-32)25-7-9-28-24(17-25)16-23-15-22(6-8-27(23)34-28)31(39)35-29(10-13-37)20-4-3-5-21(14-20)30(38)33-26-18-36(2)19-26/h3-6,8,14-16,25-26,29,37H,7,9-13,17-19H2,1-2H3,(H,33,38)(H,35,39)/t25-,29+/m0/s1. The molecule has 0 unspecified atom stereocenters. The highest BCUT2D eigenvalue weighted by Gasteiger charge is 2.45. The van der Waals surface area contributed by atoms with Crippen molar-refractivity contribution in [1.29, 1.82) is 0 Å². The molecule has 3 aromatic rings. The zero-order chi connectivity index (χ0) is 27.1. The van der Waals surface area contributed by atoms with E-state index in [9.17, 15) is 14.7 Å². The SMILES string of the molecule is CN1CC(NC(=O)c2cccc([C@@H](CCO)NC(=O)c3ccc4nc5c(cc4c3)C[C@@H](C3(C)CC3)CC5)c2)C1. The molecule has 39 heavy (non-hydrogen) atoms. The summed E-state index contributed by atoms with van der Waals surface area (Å²) >= 11 is 0. The number of carbonyl (C=O) groups excluding carboxylic acids is 2. The number of carbonyl (C=O) groups is 2. The minimum Gasteiger partial charge on any atom is -0.396 e. The molecular weight excluding hydrogens is 488 g/mol. The number of nitrogens with one attached hydrogen (secondary N) is 2. The number of rotatable bonds is 8. The number of likely N-dealkylation sites (tertiary alicyclic amines) is 1. The lowest BCUT2D eigenvalue weighted by molar-refractivity contribution is 0.0857. The molecule has 2 atom stereocenters. The molecular formula is C32H38N4O3. The van der Waals surface area contributed by atoms with E-state index >= 15 is 0 Å². The van der Waals surface area contributed by atoms with Gasteiger partial charge in [-0.1, -0.05) is 19.1 Å². The number of fused-ring (bicyclic) bond motifs is 2. The van der Waals surface area contributed by atoms with Gasteiger partial charge in [-0.05, 0) is 104 Å². The predicted molar refractivity (Wildman–Crippen MR) is 152 cm³/mol. The summed E-state index contributed by atoms with van der Waals surface area (Å²) in [6.45, 7) is 4.03. The molecule has 0 spiro atoms. The van der Waals surface area contributed by atoms with Gasteiger partial charge in [0.25, 0.3) is 11.8 Å². The molecule has 6 rings (SSSR count). The highest BCUT2D eigenvalue weighted by molar-refractivity contribution is 5.98. The van der Waals surface area contributed by atoms with Crippen molar-refractivity contribution in [3.8, 4) is 0 Å². The second-order valence-electron chi connectivity index (χ2n) is 12.2. The average molecular weight is 527 g/mol. The number of benzene rings is 2. The van der Waals surface area contributed by atoms with E-state index < -0.39 is 6.04 Å². The van der Waals surface area contributed by atoms with Crippen LogP contribution in [0.3, 0.4) is 0 Å². The minimum absolute atomic E-state index is 0.0797. The quantitative estimate of drug-likeness (QED) is 0.412. The first-order valence-corrected chi connectivity index (χ1v) is 14.2. The molecule has 1 aliphatic heterocycles. The number of amides is 2. The van der Waals surface area contributed by atoms with E-state index in [2.05, 4.69) is 28.5 Å². The Morgan fingerprint density at radius 1 is 1.10 bits per heavy atom. The van der Waals surface area contributed by atoms with E-state index in [1.807, 2.05) is 43.4 Å². The van der Waals surface area contributed by atoms with Crippen LogP contribution in [-0.2, 0) is 12.8 Å². The highest BCUT2D eigenvalue weighted by Crippen LogP contribution is 2.55. The number of aliphatic hydroxyl groups excluding tert-OH is 1. The van der Waals surface area contributed by atoms with E-state index in [1.54, 1.807) is 6.07 Å². The van der Waals surface area contributed by atoms with Crippen LogP contribution in [0.1, 0.15) is 76.2 Å². The average Bonchev–Trinajstić information content (AvgIpc) is 3.68. The summed E-state index contributed by atoms with van der Waals surface area (Å²) in [5, 5.41) is 16.9. The lowest BCUT2D eigenvalue weighted by atomic mass is 9.77. The number of aromatic nitrogens is 1. The summed E-state index contributed by atoms with van der Waals surface area (Å²) in [6.07, 6.45) is 6.34. The monoisotopic (exact) mass is 526 g/mol. The Labute approximate surface area is 230 Å². The topological polar surface area (TPSA) is 94.6 Å². The Morgan fingerprint density at radius 2 is 1.90 bits per heavy atom. The first-order chi connectivity index (χ1) is 18.8. The van der Waals surface area contributed by atoms with Gasteiger partial charge in [0.2, 0.25) is 0 Å². The third-order valence-electron chi connectivity index (χ3n) is 9.14. The Kier molecular flexibility index (Phi) is 6.89. The smallest absolute Gasteiger partial charge is 0.251 e. The van der Waals surface area contributed by atoms with Gasteiger partial charge in [-0.2, -0.15) is 0 Å². The van der Waals surface area contributed by atoms with Crippen LogP contribution in [0.5, 0.6) is 0 Å². The maximum absolute atomic E-state index is 13.4. The van der Waals surface area contributed by atoms with Crippen molar-refractivity contribution < 1.29 is 14.7 Å². The molecule has 0 bridgehead atoms. The third kappa shape index (κ3) is 5.43. The minimum atomic E-state index is -0.414. The fourth-order valence-corrected chi connectivity index (χ4v) is 6.32. The molecule has 2 heterocycles. The van der Waals surface area contributed by atoms with Gasteiger partial charge in [0.1, 0.15) is 0 Å². The molecule has 3 aliphatic rings. The number of pyridine rings is 1. The van der Waals surface area contributed by atoms with Gasteiger partial charge in [-0.15, -0.1) is 0 Å². The maximum Gasteiger partial charge on any atom is 0.251 e. The summed E-state index contributed by atoms with van der Waals surface area (Å²) in [4.78, 5) is 33.2. The normalized spacial score (nSPS) is 21.1. The maximum atomic E-state index is 13.4. The fraction of sp³-hybridized carbons (Fsp3) is 0.469. The largest absolute Gasteiger partial charge is 0.396 e. The Morgan fingerprint density at radius 3 is 2.64 bits per heavy atom. The molecule has 2 fully saturated rings. The fourth-order valence-electron chi connectivity index (χ4n) is 6.32. The van der Waals surface area contributed by atoms with E-state index in [4.69, 9.17) is 4.98 Å². The van der Waals surface area contributed by atoms with Crippen molar-refractivity contribution in [3.63, 3.8) is 0 Å². The molecule has 204 valence electrons. The number of hydrogen-bond donors (Lipinski definition) is 3. The highest BCUT2D eigenvalue weighted by atomic mass is 16.3. The molecule has 1 saturated carbocycles. The molecule has 7 nitrogen and oxygen atoms in total. The molecule has 0 radical (unpaired) electrons. The van der Waals surface area contributed by atoms with Crippen molar-refractivity contribution >= 4 is 22.7 Å². The van der Waals surface area contributed by atoms with Crippen LogP contribution in [0, 0.1) is 11.3 Å². The van der Waals surface area contributed by atoms with Gasteiger partial charge < -0.3 is 20.6 Å². The van der Waals surface area contributed by atoms with Crippen LogP contribution in [-0.4, -0.2) is 59.6 Å². The van der Waals surface area contributed by atoms with Gasteiger partial charge in [0.05, 0.1) is 17.6 Å². The molecule has 2 amide bonds. The second kappa shape index (κ2) is 10.4. The van der Waals surface area contributed by atoms with E-state index in [0.717, 1.165) is 48.3 Å². The van der Waals surface area contributed by atoms with Crippen LogP contribution < -0.4 is 10.6 Å². The van der Waals surface area contributed by atoms with Crippen molar-refractivity contribution in [2.75, 3.05) is 26.7 Å². The second-order valence-corrected chi connectivity index (χ2v) is 12.2. The summed E-state index contributed by atoms with van der Waals surface area (Å²) in [7, 11) is 2.02. The molecule has 1 aromatic heterocycles. The van der Waals surface area contributed by atoms with Crippen LogP contribution in [0.25, 0.3) is 10.9 Å². The van der Waals surface area contributed by atoms with Crippen LogP contribution in [0.15, 0.2) is 48.5 Å². The van der Waals surface area contributed by atoms with Crippen molar-refractivity contribution in [3.05, 3.63) is 76.5 Å². The van der Waals surface area contributed by atoms with Crippen molar-refractivity contribution in [1.82, 2.24) is 20.5 Å². The summed E-state index contributed by atoms with van der Waals surface area (Å²) in [5.74, 6) is 0.402. The third-order valence-corrected chi connectivity index (χ3v) is 9.14. The van der Waals surface area contributed by atoms with Crippen LogP contribution in [0.4, 0.5) is 0 Å². The molecule has 3 N–H and O–H groups in total.